The van der Waals surface area contributed by atoms with Crippen LogP contribution in [0.25, 0.3) is 0 Å². The fraction of sp³-hybridized carbons (Fsp3) is 1.00. The van der Waals surface area contributed by atoms with Gasteiger partial charge in [0.15, 0.2) is 0 Å². The van der Waals surface area contributed by atoms with Crippen LogP contribution in [0.5, 0.6) is 0 Å². The minimum Gasteiger partial charge on any atom is -0.424 e. The van der Waals surface area contributed by atoms with Gasteiger partial charge in [0.05, 0.1) is 0 Å². The molecule has 0 rings (SSSR count). The number of hydrogen-bond acceptors (Lipinski definition) is 6. The first-order chi connectivity index (χ1) is 10.9. The molecule has 0 atom stereocenters. The summed E-state index contributed by atoms with van der Waals surface area (Å²) in [6.45, 7) is 27.4. The number of nitrogens with one attached hydrogen (secondary N) is 2. The Morgan fingerprint density at radius 3 is 0.960 bits per heavy atom. The van der Waals surface area contributed by atoms with E-state index in [1.807, 2.05) is 0 Å². The van der Waals surface area contributed by atoms with Crippen molar-refractivity contribution in [3.05, 3.63) is 0 Å². The Balaban J connectivity index is 4.95. The number of rotatable bonds is 12. The molecule has 2 N–H and O–H groups in total. The highest BCUT2D eigenvalue weighted by Gasteiger charge is 2.45. The van der Waals surface area contributed by atoms with Crippen LogP contribution < -0.4 is 9.96 Å². The van der Waals surface area contributed by atoms with E-state index in [2.05, 4.69) is 89.3 Å². The van der Waals surface area contributed by atoms with Crippen molar-refractivity contribution in [2.45, 2.75) is 79.3 Å². The minimum absolute atomic E-state index is 0.916. The Morgan fingerprint density at radius 1 is 0.480 bits per heavy atom. The van der Waals surface area contributed by atoms with E-state index in [9.17, 15) is 0 Å². The fourth-order valence-electron chi connectivity index (χ4n) is 3.40. The molecular weight excluding hydrogens is 401 g/mol. The molecule has 0 saturated heterocycles. The molecule has 0 aromatic rings. The summed E-state index contributed by atoms with van der Waals surface area (Å²) in [6.07, 6.45) is 0. The third-order valence-electron chi connectivity index (χ3n) is 3.19. The molecule has 0 aromatic heterocycles. The molecule has 152 valence electrons. The first-order valence-electron chi connectivity index (χ1n) is 9.25. The summed E-state index contributed by atoms with van der Waals surface area (Å²) in [7, 11) is -10.8. The predicted molar refractivity (Wildman–Crippen MR) is 119 cm³/mol. The topological polar surface area (TPSA) is 61.0 Å². The predicted octanol–water partition coefficient (Wildman–Crippen LogP) is 3.78. The van der Waals surface area contributed by atoms with Crippen molar-refractivity contribution in [1.29, 1.82) is 0 Å². The van der Waals surface area contributed by atoms with Crippen LogP contribution in [0.1, 0.15) is 13.8 Å². The van der Waals surface area contributed by atoms with E-state index < -0.39 is 42.6 Å². The molecule has 0 aliphatic rings. The highest BCUT2D eigenvalue weighted by molar-refractivity contribution is 6.90. The first kappa shape index (κ1) is 25.8. The van der Waals surface area contributed by atoms with Crippen molar-refractivity contribution in [2.24, 2.45) is 0 Å². The van der Waals surface area contributed by atoms with Crippen molar-refractivity contribution < 1.29 is 16.5 Å². The van der Waals surface area contributed by atoms with Crippen LogP contribution >= 0.6 is 0 Å². The third kappa shape index (κ3) is 12.0. The Labute approximate surface area is 161 Å². The summed E-state index contributed by atoms with van der Waals surface area (Å²) < 4.78 is 25.8. The molecule has 0 radical (unpaired) electrons. The van der Waals surface area contributed by atoms with Crippen molar-refractivity contribution >= 4 is 42.6 Å². The molecule has 0 aliphatic heterocycles. The average molecular weight is 443 g/mol. The summed E-state index contributed by atoms with van der Waals surface area (Å²) in [5.74, 6) is 0. The standard InChI is InChI=1S/C14H42N2O4Si5/c1-13-15-21(3,4)17-23(7,8)19-25(11,12)20-24(9,10)18-22(5,6)16-14-2/h15-16H,13-14H2,1-12H3. The smallest absolute Gasteiger partial charge is 0.314 e. The second kappa shape index (κ2) is 9.36. The molecule has 0 aromatic carbocycles. The van der Waals surface area contributed by atoms with Gasteiger partial charge in [-0.25, -0.2) is 0 Å². The maximum atomic E-state index is 6.50. The molecule has 0 heterocycles. The second-order valence-electron chi connectivity index (χ2n) is 8.69. The van der Waals surface area contributed by atoms with Gasteiger partial charge in [0.1, 0.15) is 0 Å². The van der Waals surface area contributed by atoms with E-state index in [0.717, 1.165) is 13.1 Å². The van der Waals surface area contributed by atoms with E-state index >= 15 is 0 Å². The van der Waals surface area contributed by atoms with Gasteiger partial charge in [-0.3, -0.25) is 0 Å². The Bertz CT molecular complexity index is 384. The summed E-state index contributed by atoms with van der Waals surface area (Å²) in [6, 6.07) is 0. The van der Waals surface area contributed by atoms with Crippen molar-refractivity contribution in [1.82, 2.24) is 9.96 Å². The quantitative estimate of drug-likeness (QED) is 0.448. The van der Waals surface area contributed by atoms with E-state index in [0.29, 0.717) is 0 Å². The van der Waals surface area contributed by atoms with Crippen LogP contribution in [-0.2, 0) is 16.5 Å². The van der Waals surface area contributed by atoms with Gasteiger partial charge < -0.3 is 26.4 Å². The summed E-state index contributed by atoms with van der Waals surface area (Å²) in [4.78, 5) is 6.97. The lowest BCUT2D eigenvalue weighted by Gasteiger charge is -2.42. The normalized spacial score (nSPS) is 14.9. The lowest BCUT2D eigenvalue weighted by Crippen LogP contribution is -2.62. The van der Waals surface area contributed by atoms with Crippen LogP contribution in [0, 0.1) is 0 Å². The van der Waals surface area contributed by atoms with Gasteiger partial charge in [0.25, 0.3) is 17.0 Å². The maximum Gasteiger partial charge on any atom is 0.314 e. The maximum absolute atomic E-state index is 6.50. The SMILES string of the molecule is CCN[Si](C)(C)O[Si](C)(C)O[Si](C)(C)O[Si](C)(C)O[Si](C)(C)NCC. The third-order valence-corrected chi connectivity index (χ3v) is 21.5. The second-order valence-corrected chi connectivity index (χ2v) is 27.1. The Kier molecular flexibility index (Phi) is 9.68. The Hall–Kier alpha value is 0.844. The fourth-order valence-corrected chi connectivity index (χ4v) is 26.6. The van der Waals surface area contributed by atoms with Gasteiger partial charge in [0.2, 0.25) is 0 Å². The highest BCUT2D eigenvalue weighted by atomic mass is 28.5. The molecule has 0 aliphatic carbocycles. The molecule has 11 heteroatoms. The first-order valence-corrected chi connectivity index (χ1v) is 23.5. The van der Waals surface area contributed by atoms with E-state index in [-0.39, 0.29) is 0 Å². The monoisotopic (exact) mass is 442 g/mol. The molecule has 0 saturated carbocycles. The van der Waals surface area contributed by atoms with Gasteiger partial charge in [-0.1, -0.05) is 13.8 Å². The van der Waals surface area contributed by atoms with Crippen LogP contribution in [0.15, 0.2) is 0 Å². The molecule has 0 fully saturated rings. The van der Waals surface area contributed by atoms with Crippen molar-refractivity contribution in [2.75, 3.05) is 13.1 Å². The zero-order valence-electron chi connectivity index (χ0n) is 18.5. The molecule has 0 unspecified atom stereocenters. The van der Waals surface area contributed by atoms with E-state index in [1.165, 1.54) is 0 Å². The van der Waals surface area contributed by atoms with Gasteiger partial charge >= 0.3 is 25.7 Å². The molecule has 6 nitrogen and oxygen atoms in total. The highest BCUT2D eigenvalue weighted by Crippen LogP contribution is 2.25. The lowest BCUT2D eigenvalue weighted by atomic mass is 10.8. The zero-order valence-corrected chi connectivity index (χ0v) is 23.5. The number of hydrogen-bond donors (Lipinski definition) is 2. The summed E-state index contributed by atoms with van der Waals surface area (Å²) in [5.41, 5.74) is 0. The largest absolute Gasteiger partial charge is 0.424 e. The summed E-state index contributed by atoms with van der Waals surface area (Å²) in [5, 5.41) is 0. The zero-order chi connectivity index (χ0) is 20.2. The van der Waals surface area contributed by atoms with Crippen LogP contribution in [0.2, 0.25) is 65.5 Å². The summed E-state index contributed by atoms with van der Waals surface area (Å²) >= 11 is 0. The molecule has 0 bridgehead atoms. The van der Waals surface area contributed by atoms with Gasteiger partial charge in [-0.05, 0) is 78.6 Å². The van der Waals surface area contributed by atoms with Gasteiger partial charge in [-0.2, -0.15) is 0 Å². The molecule has 0 amide bonds. The Morgan fingerprint density at radius 2 is 0.720 bits per heavy atom. The lowest BCUT2D eigenvalue weighted by molar-refractivity contribution is 0.295. The average Bonchev–Trinajstić information content (AvgIpc) is 2.19. The van der Waals surface area contributed by atoms with Gasteiger partial charge in [-0.15, -0.1) is 0 Å². The minimum atomic E-state index is -2.36. The van der Waals surface area contributed by atoms with Gasteiger partial charge in [0, 0.05) is 0 Å². The molecule has 0 spiro atoms. The van der Waals surface area contributed by atoms with Crippen molar-refractivity contribution in [3.63, 3.8) is 0 Å². The van der Waals surface area contributed by atoms with Crippen LogP contribution in [0.3, 0.4) is 0 Å². The van der Waals surface area contributed by atoms with Crippen molar-refractivity contribution in [3.8, 4) is 0 Å². The molecule has 25 heavy (non-hydrogen) atoms. The van der Waals surface area contributed by atoms with E-state index in [1.54, 1.807) is 0 Å². The van der Waals surface area contributed by atoms with Crippen LogP contribution in [0.4, 0.5) is 0 Å². The van der Waals surface area contributed by atoms with Crippen LogP contribution in [-0.4, -0.2) is 55.7 Å². The van der Waals surface area contributed by atoms with E-state index in [4.69, 9.17) is 16.5 Å². The molecular formula is C14H42N2O4Si5.